The van der Waals surface area contributed by atoms with Gasteiger partial charge in [-0.15, -0.1) is 11.3 Å². The lowest BCUT2D eigenvalue weighted by molar-refractivity contribution is -0.324. The van der Waals surface area contributed by atoms with Crippen LogP contribution in [0, 0.1) is 17.2 Å². The third-order valence-electron chi connectivity index (χ3n) is 12.0. The summed E-state index contributed by atoms with van der Waals surface area (Å²) in [6.07, 6.45) is 13.9. The van der Waals surface area contributed by atoms with E-state index in [2.05, 4.69) is 17.5 Å². The van der Waals surface area contributed by atoms with Crippen LogP contribution in [0.1, 0.15) is 85.0 Å². The van der Waals surface area contributed by atoms with Crippen LogP contribution in [0.15, 0.2) is 17.2 Å². The lowest BCUT2D eigenvalue weighted by atomic mass is 9.62. The number of ether oxygens (including phenoxy) is 2. The molecule has 4 aliphatic heterocycles. The minimum Gasteiger partial charge on any atom is -0.465 e. The van der Waals surface area contributed by atoms with Crippen LogP contribution in [0.4, 0.5) is 21.3 Å². The average molecular weight is 682 g/mol. The molecule has 1 unspecified atom stereocenters. The van der Waals surface area contributed by atoms with Gasteiger partial charge < -0.3 is 19.7 Å². The number of anilines is 2. The number of urea groups is 1. The molecule has 0 bridgehead atoms. The second-order valence-electron chi connectivity index (χ2n) is 14.5. The Morgan fingerprint density at radius 3 is 2.71 bits per heavy atom. The standard InChI is InChI=1S/C36H41N8O4S/c1-3-25(36-13-6-15-43(36)16-7-14-36)47-33-27-32(44(34(45)42(27)2)19-21-10-17-46-20-21)39-31(40-33)28-22-8-4-11-35(29(22)41-48-28)12-5-9-24-26(35)23(18-37)30(38)49-24/h3,19,21,25H,1,4-17,20,38H2,2H3/q+1/b44-19-/t21?,25-,35-/m0/s1. The number of hydrogen-bond donors (Lipinski definition) is 1. The number of hydrogen-bond acceptors (Lipinski definition) is 11. The molecule has 3 saturated heterocycles. The van der Waals surface area contributed by atoms with E-state index in [-0.39, 0.29) is 23.6 Å². The number of thiophene rings is 1. The molecule has 3 fully saturated rings. The van der Waals surface area contributed by atoms with Crippen molar-refractivity contribution in [1.82, 2.24) is 20.0 Å². The van der Waals surface area contributed by atoms with Crippen LogP contribution in [-0.2, 0) is 23.0 Å². The van der Waals surface area contributed by atoms with E-state index >= 15 is 0 Å². The van der Waals surface area contributed by atoms with Crippen LogP contribution >= 0.6 is 11.3 Å². The molecule has 0 radical (unpaired) electrons. The summed E-state index contributed by atoms with van der Waals surface area (Å²) in [4.78, 5) is 29.3. The first kappa shape index (κ1) is 30.9. The number of amides is 2. The van der Waals surface area contributed by atoms with Crippen LogP contribution in [0.5, 0.6) is 5.88 Å². The molecule has 12 nitrogen and oxygen atoms in total. The lowest BCUT2D eigenvalue weighted by Crippen LogP contribution is -2.50. The summed E-state index contributed by atoms with van der Waals surface area (Å²) < 4.78 is 20.4. The number of rotatable bonds is 6. The van der Waals surface area contributed by atoms with Crippen LogP contribution in [0.25, 0.3) is 11.6 Å². The molecule has 7 heterocycles. The van der Waals surface area contributed by atoms with Crippen LogP contribution in [0.3, 0.4) is 0 Å². The highest BCUT2D eigenvalue weighted by Crippen LogP contribution is 2.55. The molecule has 2 N–H and O–H groups in total. The molecule has 3 aromatic heterocycles. The Labute approximate surface area is 289 Å². The van der Waals surface area contributed by atoms with Gasteiger partial charge in [-0.1, -0.05) is 16.7 Å². The summed E-state index contributed by atoms with van der Waals surface area (Å²) in [5, 5.41) is 15.5. The third kappa shape index (κ3) is 4.43. The maximum atomic E-state index is 13.9. The highest BCUT2D eigenvalue weighted by Gasteiger charge is 2.53. The summed E-state index contributed by atoms with van der Waals surface area (Å²) in [5.74, 6) is 1.70. The molecular weight excluding hydrogens is 641 g/mol. The topological polar surface area (TPSA) is 147 Å². The fraction of sp³-hybridized carbons (Fsp3) is 0.556. The number of aromatic nitrogens is 3. The maximum Gasteiger partial charge on any atom is 0.448 e. The minimum absolute atomic E-state index is 0.0854. The Bertz CT molecular complexity index is 1940. The van der Waals surface area contributed by atoms with Crippen molar-refractivity contribution in [2.45, 2.75) is 87.7 Å². The van der Waals surface area contributed by atoms with Gasteiger partial charge in [0.05, 0.1) is 36.7 Å². The first-order chi connectivity index (χ1) is 23.9. The quantitative estimate of drug-likeness (QED) is 0.262. The van der Waals surface area contributed by atoms with Crippen LogP contribution in [-0.4, -0.2) is 81.8 Å². The number of nitrogens with two attached hydrogens (primary N) is 1. The van der Waals surface area contributed by atoms with E-state index in [0.717, 1.165) is 101 Å². The van der Waals surface area contributed by atoms with Gasteiger partial charge >= 0.3 is 11.8 Å². The van der Waals surface area contributed by atoms with Gasteiger partial charge in [-0.3, -0.25) is 4.90 Å². The molecule has 0 saturated carbocycles. The molecule has 13 heteroatoms. The van der Waals surface area contributed by atoms with Crippen molar-refractivity contribution in [2.24, 2.45) is 5.92 Å². The number of carbonyl (C=O) groups is 1. The molecule has 2 aliphatic carbocycles. The van der Waals surface area contributed by atoms with Gasteiger partial charge in [0, 0.05) is 28.4 Å². The summed E-state index contributed by atoms with van der Waals surface area (Å²) >= 11 is 1.53. The summed E-state index contributed by atoms with van der Waals surface area (Å²) in [7, 11) is 1.74. The number of nitrogens with zero attached hydrogens (tertiary/aromatic N) is 7. The predicted molar refractivity (Wildman–Crippen MR) is 184 cm³/mol. The number of aryl methyl sites for hydroxylation is 1. The Balaban J connectivity index is 1.20. The first-order valence-electron chi connectivity index (χ1n) is 17.7. The molecule has 9 rings (SSSR count). The van der Waals surface area contributed by atoms with E-state index in [1.807, 2.05) is 12.3 Å². The number of nitriles is 1. The first-order valence-corrected chi connectivity index (χ1v) is 18.5. The van der Waals surface area contributed by atoms with Crippen molar-refractivity contribution in [3.05, 3.63) is 39.9 Å². The molecule has 0 aromatic carbocycles. The molecule has 2 amide bonds. The van der Waals surface area contributed by atoms with E-state index < -0.39 is 5.41 Å². The van der Waals surface area contributed by atoms with Gasteiger partial charge in [-0.05, 0) is 95.4 Å². The van der Waals surface area contributed by atoms with Gasteiger partial charge in [0.2, 0.25) is 11.4 Å². The summed E-state index contributed by atoms with van der Waals surface area (Å²) in [5.41, 5.74) is 9.74. The van der Waals surface area contributed by atoms with Crippen molar-refractivity contribution in [1.29, 1.82) is 5.26 Å². The Kier molecular flexibility index (Phi) is 7.23. The monoisotopic (exact) mass is 681 g/mol. The molecular formula is C36H41N8O4S+. The van der Waals surface area contributed by atoms with Crippen molar-refractivity contribution >= 4 is 40.1 Å². The van der Waals surface area contributed by atoms with Gasteiger partial charge in [0.15, 0.2) is 0 Å². The van der Waals surface area contributed by atoms with Gasteiger partial charge in [-0.25, -0.2) is 9.69 Å². The molecule has 3 atom stereocenters. The second kappa shape index (κ2) is 11.5. The largest absolute Gasteiger partial charge is 0.465 e. The number of fused-ring (bicyclic) bond motifs is 6. The zero-order chi connectivity index (χ0) is 33.5. The van der Waals surface area contributed by atoms with Gasteiger partial charge in [0.1, 0.15) is 17.2 Å². The Morgan fingerprint density at radius 1 is 1.18 bits per heavy atom. The molecule has 3 aromatic rings. The van der Waals surface area contributed by atoms with E-state index in [1.165, 1.54) is 16.2 Å². The van der Waals surface area contributed by atoms with E-state index in [9.17, 15) is 10.1 Å². The molecule has 49 heavy (non-hydrogen) atoms. The Hall–Kier alpha value is -4.12. The lowest BCUT2D eigenvalue weighted by Gasteiger charge is -2.39. The number of carbonyl (C=O) groups excluding carboxylic acids is 1. The highest BCUT2D eigenvalue weighted by atomic mass is 32.1. The fourth-order valence-corrected chi connectivity index (χ4v) is 10.9. The van der Waals surface area contributed by atoms with E-state index in [0.29, 0.717) is 52.7 Å². The second-order valence-corrected chi connectivity index (χ2v) is 15.6. The number of nitrogen functional groups attached to an aromatic ring is 1. The smallest absolute Gasteiger partial charge is 0.448 e. The van der Waals surface area contributed by atoms with Crippen molar-refractivity contribution in [2.75, 3.05) is 44.0 Å². The summed E-state index contributed by atoms with van der Waals surface area (Å²) in [6, 6.07) is 2.18. The molecule has 6 aliphatic rings. The average Bonchev–Trinajstić information content (AvgIpc) is 3.95. The molecule has 1 spiro atoms. The van der Waals surface area contributed by atoms with Crippen molar-refractivity contribution in [3.8, 4) is 23.5 Å². The predicted octanol–water partition coefficient (Wildman–Crippen LogP) is 5.49. The fourth-order valence-electron chi connectivity index (χ4n) is 9.78. The zero-order valence-electron chi connectivity index (χ0n) is 27.9. The minimum atomic E-state index is -0.446. The normalized spacial score (nSPS) is 26.9. The van der Waals surface area contributed by atoms with Gasteiger partial charge in [-0.2, -0.15) is 14.8 Å². The third-order valence-corrected chi connectivity index (χ3v) is 13.1. The van der Waals surface area contributed by atoms with Crippen LogP contribution in [0.2, 0.25) is 0 Å². The van der Waals surface area contributed by atoms with Crippen molar-refractivity contribution in [3.63, 3.8) is 0 Å². The van der Waals surface area contributed by atoms with E-state index in [4.69, 9.17) is 34.9 Å². The Morgan fingerprint density at radius 2 is 1.98 bits per heavy atom. The zero-order valence-corrected chi connectivity index (χ0v) is 28.7. The highest BCUT2D eigenvalue weighted by molar-refractivity contribution is 7.16. The SMILES string of the molecule is C=C[C@H](Oc1nc(-c2onc3c2CCC[C@@]32CCCc3sc(N)c(C#N)c32)nc2c1N(C)C(=O)/[N+]2=C\C1CCOC1)C12CCCN1CCC2. The van der Waals surface area contributed by atoms with Crippen LogP contribution < -0.4 is 15.4 Å². The molecule has 254 valence electrons. The summed E-state index contributed by atoms with van der Waals surface area (Å²) in [6.45, 7) is 7.52. The van der Waals surface area contributed by atoms with E-state index in [1.54, 1.807) is 16.5 Å². The van der Waals surface area contributed by atoms with Crippen molar-refractivity contribution < 1.29 is 23.4 Å². The van der Waals surface area contributed by atoms with Gasteiger partial charge in [0.25, 0.3) is 11.7 Å². The maximum absolute atomic E-state index is 13.9.